The minimum Gasteiger partial charge on any atom is -0.391 e. The minimum atomic E-state index is -0.0204. The van der Waals surface area contributed by atoms with E-state index in [-0.39, 0.29) is 6.61 Å². The van der Waals surface area contributed by atoms with Gasteiger partial charge in [0.1, 0.15) is 5.15 Å². The second-order valence-electron chi connectivity index (χ2n) is 3.49. The van der Waals surface area contributed by atoms with Crippen LogP contribution in [0.1, 0.15) is 11.8 Å². The SMILES string of the molecule is CC1CSCCN1c1nc(Cl)c(CO)s1. The fourth-order valence-electron chi connectivity index (χ4n) is 1.55. The maximum absolute atomic E-state index is 9.06. The molecule has 1 unspecified atom stereocenters. The second kappa shape index (κ2) is 4.91. The Hall–Kier alpha value is 0.0300. The van der Waals surface area contributed by atoms with Gasteiger partial charge in [-0.1, -0.05) is 22.9 Å². The number of hydrogen-bond donors (Lipinski definition) is 1. The van der Waals surface area contributed by atoms with Crippen LogP contribution in [-0.2, 0) is 6.61 Å². The van der Waals surface area contributed by atoms with Crippen LogP contribution in [0.2, 0.25) is 5.15 Å². The Labute approximate surface area is 102 Å². The van der Waals surface area contributed by atoms with Crippen LogP contribution in [-0.4, -0.2) is 34.2 Å². The number of aliphatic hydroxyl groups excluding tert-OH is 1. The Bertz CT molecular complexity index is 345. The van der Waals surface area contributed by atoms with E-state index in [0.717, 1.165) is 28.1 Å². The first-order chi connectivity index (χ1) is 7.22. The molecule has 3 nitrogen and oxygen atoms in total. The molecule has 84 valence electrons. The lowest BCUT2D eigenvalue weighted by atomic mass is 10.3. The number of aliphatic hydroxyl groups is 1. The summed E-state index contributed by atoms with van der Waals surface area (Å²) in [6.07, 6.45) is 0. The summed E-state index contributed by atoms with van der Waals surface area (Å²) in [5, 5.41) is 10.4. The zero-order valence-corrected chi connectivity index (χ0v) is 10.8. The second-order valence-corrected chi connectivity index (χ2v) is 6.06. The summed E-state index contributed by atoms with van der Waals surface area (Å²) >= 11 is 9.38. The summed E-state index contributed by atoms with van der Waals surface area (Å²) in [5.74, 6) is 2.27. The maximum atomic E-state index is 9.06. The average molecular weight is 265 g/mol. The highest BCUT2D eigenvalue weighted by molar-refractivity contribution is 7.99. The van der Waals surface area contributed by atoms with Gasteiger partial charge < -0.3 is 10.0 Å². The number of hydrogen-bond acceptors (Lipinski definition) is 5. The van der Waals surface area contributed by atoms with Crippen molar-refractivity contribution < 1.29 is 5.11 Å². The molecule has 1 aromatic rings. The number of aromatic nitrogens is 1. The van der Waals surface area contributed by atoms with E-state index in [1.807, 2.05) is 11.8 Å². The molecule has 0 amide bonds. The van der Waals surface area contributed by atoms with Gasteiger partial charge >= 0.3 is 0 Å². The van der Waals surface area contributed by atoms with Crippen molar-refractivity contribution in [3.05, 3.63) is 10.0 Å². The van der Waals surface area contributed by atoms with Crippen LogP contribution >= 0.6 is 34.7 Å². The maximum Gasteiger partial charge on any atom is 0.187 e. The van der Waals surface area contributed by atoms with Gasteiger partial charge in [0.2, 0.25) is 0 Å². The van der Waals surface area contributed by atoms with Gasteiger partial charge in [0, 0.05) is 24.1 Å². The van der Waals surface area contributed by atoms with E-state index >= 15 is 0 Å². The van der Waals surface area contributed by atoms with Crippen molar-refractivity contribution in [2.24, 2.45) is 0 Å². The van der Waals surface area contributed by atoms with Crippen LogP contribution in [0.3, 0.4) is 0 Å². The van der Waals surface area contributed by atoms with Gasteiger partial charge in [-0.15, -0.1) is 0 Å². The standard InChI is InChI=1S/C9H13ClN2OS2/c1-6-5-14-3-2-12(6)9-11-8(10)7(4-13)15-9/h6,13H,2-5H2,1H3. The van der Waals surface area contributed by atoms with Gasteiger partial charge in [0.25, 0.3) is 0 Å². The zero-order chi connectivity index (χ0) is 10.8. The molecule has 1 fully saturated rings. The van der Waals surface area contributed by atoms with Crippen molar-refractivity contribution in [3.8, 4) is 0 Å². The fraction of sp³-hybridized carbons (Fsp3) is 0.667. The highest BCUT2D eigenvalue weighted by Crippen LogP contribution is 2.32. The third-order valence-corrected chi connectivity index (χ3v) is 5.09. The monoisotopic (exact) mass is 264 g/mol. The number of anilines is 1. The lowest BCUT2D eigenvalue weighted by molar-refractivity contribution is 0.285. The molecule has 0 aromatic carbocycles. The van der Waals surface area contributed by atoms with Crippen molar-refractivity contribution in [1.82, 2.24) is 4.98 Å². The topological polar surface area (TPSA) is 36.4 Å². The van der Waals surface area contributed by atoms with Crippen molar-refractivity contribution >= 4 is 39.8 Å². The molecule has 1 saturated heterocycles. The molecule has 0 radical (unpaired) electrons. The fourth-order valence-corrected chi connectivity index (χ4v) is 3.81. The number of thioether (sulfide) groups is 1. The summed E-state index contributed by atoms with van der Waals surface area (Å²) in [5.41, 5.74) is 0. The Morgan fingerprint density at radius 1 is 1.67 bits per heavy atom. The molecule has 1 atom stereocenters. The molecule has 1 aromatic heterocycles. The summed E-state index contributed by atoms with van der Waals surface area (Å²) in [6.45, 7) is 3.19. The van der Waals surface area contributed by atoms with Crippen molar-refractivity contribution in [2.75, 3.05) is 23.0 Å². The molecule has 0 bridgehead atoms. The highest BCUT2D eigenvalue weighted by atomic mass is 35.5. The predicted octanol–water partition coefficient (Wildman–Crippen LogP) is 2.23. The van der Waals surface area contributed by atoms with Gasteiger partial charge in [0.15, 0.2) is 5.13 Å². The molecule has 1 aliphatic heterocycles. The van der Waals surface area contributed by atoms with Crippen LogP contribution in [0.5, 0.6) is 0 Å². The lowest BCUT2D eigenvalue weighted by Crippen LogP contribution is -2.40. The molecule has 0 aliphatic carbocycles. The first kappa shape index (κ1) is 11.5. The van der Waals surface area contributed by atoms with E-state index in [1.54, 1.807) is 0 Å². The summed E-state index contributed by atoms with van der Waals surface area (Å²) in [6, 6.07) is 0.498. The van der Waals surface area contributed by atoms with Crippen LogP contribution < -0.4 is 4.90 Å². The van der Waals surface area contributed by atoms with E-state index in [9.17, 15) is 0 Å². The third-order valence-electron chi connectivity index (χ3n) is 2.40. The molecule has 6 heteroatoms. The van der Waals surface area contributed by atoms with Crippen molar-refractivity contribution in [2.45, 2.75) is 19.6 Å². The molecule has 0 spiro atoms. The number of halogens is 1. The van der Waals surface area contributed by atoms with Gasteiger partial charge in [-0.2, -0.15) is 11.8 Å². The Balaban J connectivity index is 2.20. The predicted molar refractivity (Wildman–Crippen MR) is 67.2 cm³/mol. The van der Waals surface area contributed by atoms with Gasteiger partial charge in [-0.3, -0.25) is 0 Å². The van der Waals surface area contributed by atoms with Gasteiger partial charge in [-0.05, 0) is 6.92 Å². The Kier molecular flexibility index (Phi) is 3.77. The summed E-state index contributed by atoms with van der Waals surface area (Å²) in [4.78, 5) is 7.33. The number of nitrogens with zero attached hydrogens (tertiary/aromatic N) is 2. The van der Waals surface area contributed by atoms with E-state index in [4.69, 9.17) is 16.7 Å². The number of rotatable bonds is 2. The van der Waals surface area contributed by atoms with E-state index < -0.39 is 0 Å². The Morgan fingerprint density at radius 3 is 3.07 bits per heavy atom. The van der Waals surface area contributed by atoms with Gasteiger partial charge in [-0.25, -0.2) is 4.98 Å². The quantitative estimate of drug-likeness (QED) is 0.889. The summed E-state index contributed by atoms with van der Waals surface area (Å²) in [7, 11) is 0. The van der Waals surface area contributed by atoms with Crippen molar-refractivity contribution in [3.63, 3.8) is 0 Å². The molecule has 0 saturated carbocycles. The molecule has 1 N–H and O–H groups in total. The first-order valence-corrected chi connectivity index (χ1v) is 7.17. The highest BCUT2D eigenvalue weighted by Gasteiger charge is 2.22. The molecule has 2 heterocycles. The zero-order valence-electron chi connectivity index (χ0n) is 8.44. The normalized spacial score (nSPS) is 22.1. The molecule has 2 rings (SSSR count). The van der Waals surface area contributed by atoms with E-state index in [2.05, 4.69) is 16.8 Å². The number of thiazole rings is 1. The first-order valence-electron chi connectivity index (χ1n) is 4.83. The molecule has 1 aliphatic rings. The van der Waals surface area contributed by atoms with Crippen LogP contribution in [0.15, 0.2) is 0 Å². The average Bonchev–Trinajstić information content (AvgIpc) is 2.60. The summed E-state index contributed by atoms with van der Waals surface area (Å²) < 4.78 is 0. The minimum absolute atomic E-state index is 0.0204. The van der Waals surface area contributed by atoms with E-state index in [0.29, 0.717) is 11.2 Å². The van der Waals surface area contributed by atoms with Crippen molar-refractivity contribution in [1.29, 1.82) is 0 Å². The molecule has 15 heavy (non-hydrogen) atoms. The van der Waals surface area contributed by atoms with Gasteiger partial charge in [0.05, 0.1) is 11.5 Å². The van der Waals surface area contributed by atoms with Crippen LogP contribution in [0, 0.1) is 0 Å². The van der Waals surface area contributed by atoms with E-state index in [1.165, 1.54) is 11.3 Å². The smallest absolute Gasteiger partial charge is 0.187 e. The molecular formula is C9H13ClN2OS2. The Morgan fingerprint density at radius 2 is 2.47 bits per heavy atom. The van der Waals surface area contributed by atoms with Crippen LogP contribution in [0.4, 0.5) is 5.13 Å². The lowest BCUT2D eigenvalue weighted by Gasteiger charge is -2.32. The van der Waals surface area contributed by atoms with Crippen LogP contribution in [0.25, 0.3) is 0 Å². The largest absolute Gasteiger partial charge is 0.391 e. The molecular weight excluding hydrogens is 252 g/mol. The third kappa shape index (κ3) is 2.41.